The van der Waals surface area contributed by atoms with Gasteiger partial charge < -0.3 is 24.1 Å². The SMILES string of the molecule is C=CCOc1ccc(C2C(=C(O)c3ccc4c(c3)OCCO4)C(=O)C(=O)N2c2nc(C)c(C(C)=O)s2)cc1OCC. The summed E-state index contributed by atoms with van der Waals surface area (Å²) in [6, 6.07) is 8.73. The number of thiazole rings is 1. The van der Waals surface area contributed by atoms with Gasteiger partial charge in [-0.15, -0.1) is 0 Å². The second-order valence-electron chi connectivity index (χ2n) is 9.23. The predicted octanol–water partition coefficient (Wildman–Crippen LogP) is 5.02. The molecule has 3 aromatic rings. The van der Waals surface area contributed by atoms with Crippen molar-refractivity contribution in [2.75, 3.05) is 31.3 Å². The number of Topliss-reactive ketones (excluding diaryl/α,β-unsaturated/α-hetero) is 2. The van der Waals surface area contributed by atoms with E-state index in [-0.39, 0.29) is 28.7 Å². The molecule has 0 spiro atoms. The fourth-order valence-corrected chi connectivity index (χ4v) is 5.72. The fraction of sp³-hybridized carbons (Fsp3) is 0.267. The maximum absolute atomic E-state index is 13.6. The summed E-state index contributed by atoms with van der Waals surface area (Å²) in [5.41, 5.74) is 1.03. The van der Waals surface area contributed by atoms with Crippen molar-refractivity contribution in [2.24, 2.45) is 0 Å². The van der Waals surface area contributed by atoms with Crippen molar-refractivity contribution < 1.29 is 38.4 Å². The van der Waals surface area contributed by atoms with Crippen LogP contribution in [0.1, 0.15) is 46.4 Å². The number of carbonyl (C=O) groups is 3. The Morgan fingerprint density at radius 2 is 1.90 bits per heavy atom. The van der Waals surface area contributed by atoms with Crippen LogP contribution in [0.3, 0.4) is 0 Å². The molecular weight excluding hydrogens is 548 g/mol. The number of fused-ring (bicyclic) bond motifs is 1. The largest absolute Gasteiger partial charge is 0.507 e. The van der Waals surface area contributed by atoms with E-state index in [0.29, 0.717) is 59.0 Å². The van der Waals surface area contributed by atoms with Crippen molar-refractivity contribution in [2.45, 2.75) is 26.8 Å². The molecule has 0 saturated carbocycles. The molecule has 1 unspecified atom stereocenters. The number of ether oxygens (including phenoxy) is 4. The van der Waals surface area contributed by atoms with E-state index >= 15 is 0 Å². The molecule has 2 aliphatic rings. The first kappa shape index (κ1) is 27.9. The number of aliphatic hydroxyl groups is 1. The smallest absolute Gasteiger partial charge is 0.301 e. The molecule has 0 bridgehead atoms. The molecule has 11 heteroatoms. The van der Waals surface area contributed by atoms with Crippen molar-refractivity contribution >= 4 is 39.7 Å². The van der Waals surface area contributed by atoms with Gasteiger partial charge in [0.15, 0.2) is 33.9 Å². The molecule has 1 N–H and O–H groups in total. The monoisotopic (exact) mass is 576 g/mol. The van der Waals surface area contributed by atoms with Crippen LogP contribution < -0.4 is 23.8 Å². The van der Waals surface area contributed by atoms with Crippen LogP contribution in [0.5, 0.6) is 23.0 Å². The first-order valence-electron chi connectivity index (χ1n) is 12.9. The van der Waals surface area contributed by atoms with Crippen LogP contribution >= 0.6 is 11.3 Å². The van der Waals surface area contributed by atoms with Gasteiger partial charge in [-0.1, -0.05) is 30.1 Å². The van der Waals surface area contributed by atoms with Crippen LogP contribution in [0.4, 0.5) is 5.13 Å². The van der Waals surface area contributed by atoms with Gasteiger partial charge in [-0.2, -0.15) is 0 Å². The van der Waals surface area contributed by atoms with Crippen molar-refractivity contribution in [3.63, 3.8) is 0 Å². The van der Waals surface area contributed by atoms with Gasteiger partial charge in [0.1, 0.15) is 25.6 Å². The Labute approximate surface area is 240 Å². The highest BCUT2D eigenvalue weighted by Gasteiger charge is 2.48. The molecule has 0 radical (unpaired) electrons. The predicted molar refractivity (Wildman–Crippen MR) is 152 cm³/mol. The van der Waals surface area contributed by atoms with Crippen molar-refractivity contribution in [3.05, 3.63) is 76.3 Å². The molecule has 212 valence electrons. The van der Waals surface area contributed by atoms with E-state index in [1.807, 2.05) is 6.92 Å². The Morgan fingerprint density at radius 1 is 1.15 bits per heavy atom. The summed E-state index contributed by atoms with van der Waals surface area (Å²) in [7, 11) is 0. The number of amides is 1. The highest BCUT2D eigenvalue weighted by molar-refractivity contribution is 7.18. The summed E-state index contributed by atoms with van der Waals surface area (Å²) in [6.45, 7) is 9.87. The van der Waals surface area contributed by atoms with Crippen LogP contribution in [0.15, 0.2) is 54.6 Å². The maximum atomic E-state index is 13.6. The Balaban J connectivity index is 1.70. The third kappa shape index (κ3) is 5.16. The van der Waals surface area contributed by atoms with E-state index in [9.17, 15) is 19.5 Å². The van der Waals surface area contributed by atoms with Crippen LogP contribution in [0.2, 0.25) is 0 Å². The Bertz CT molecular complexity index is 1590. The molecule has 41 heavy (non-hydrogen) atoms. The fourth-order valence-electron chi connectivity index (χ4n) is 4.73. The van der Waals surface area contributed by atoms with E-state index in [1.54, 1.807) is 49.4 Å². The van der Waals surface area contributed by atoms with E-state index in [2.05, 4.69) is 11.6 Å². The number of carbonyl (C=O) groups excluding carboxylic acids is 3. The van der Waals surface area contributed by atoms with E-state index in [4.69, 9.17) is 18.9 Å². The van der Waals surface area contributed by atoms with Crippen LogP contribution in [-0.4, -0.2) is 54.0 Å². The Kier molecular flexibility index (Phi) is 7.80. The molecule has 1 fully saturated rings. The zero-order chi connectivity index (χ0) is 29.3. The van der Waals surface area contributed by atoms with Crippen molar-refractivity contribution in [1.82, 2.24) is 4.98 Å². The van der Waals surface area contributed by atoms with E-state index in [1.165, 1.54) is 11.8 Å². The molecule has 10 nitrogen and oxygen atoms in total. The van der Waals surface area contributed by atoms with Gasteiger partial charge in [0.2, 0.25) is 0 Å². The minimum Gasteiger partial charge on any atom is -0.507 e. The highest BCUT2D eigenvalue weighted by Crippen LogP contribution is 2.46. The molecule has 0 aliphatic carbocycles. The average Bonchev–Trinajstić information content (AvgIpc) is 3.48. The van der Waals surface area contributed by atoms with Crippen LogP contribution in [-0.2, 0) is 9.59 Å². The molecule has 1 atom stereocenters. The van der Waals surface area contributed by atoms with E-state index < -0.39 is 23.5 Å². The number of rotatable bonds is 9. The summed E-state index contributed by atoms with van der Waals surface area (Å²) in [6.07, 6.45) is 1.60. The third-order valence-electron chi connectivity index (χ3n) is 6.51. The lowest BCUT2D eigenvalue weighted by Gasteiger charge is -2.24. The molecular formula is C30H28N2O8S. The number of aryl methyl sites for hydroxylation is 1. The lowest BCUT2D eigenvalue weighted by Crippen LogP contribution is -2.29. The van der Waals surface area contributed by atoms with Crippen molar-refractivity contribution in [3.8, 4) is 23.0 Å². The topological polar surface area (TPSA) is 124 Å². The zero-order valence-electron chi connectivity index (χ0n) is 22.8. The number of ketones is 2. The summed E-state index contributed by atoms with van der Waals surface area (Å²) < 4.78 is 22.8. The van der Waals surface area contributed by atoms with Gasteiger partial charge in [-0.25, -0.2) is 4.98 Å². The van der Waals surface area contributed by atoms with Gasteiger partial charge in [-0.05, 0) is 49.7 Å². The summed E-state index contributed by atoms with van der Waals surface area (Å²) in [4.78, 5) is 45.4. The van der Waals surface area contributed by atoms with Gasteiger partial charge >= 0.3 is 5.91 Å². The second kappa shape index (κ2) is 11.5. The molecule has 2 aromatic carbocycles. The summed E-state index contributed by atoms with van der Waals surface area (Å²) in [5.74, 6) is -0.630. The number of aromatic nitrogens is 1. The van der Waals surface area contributed by atoms with Gasteiger partial charge in [0, 0.05) is 12.5 Å². The summed E-state index contributed by atoms with van der Waals surface area (Å²) >= 11 is 1.01. The van der Waals surface area contributed by atoms with Crippen LogP contribution in [0.25, 0.3) is 5.76 Å². The van der Waals surface area contributed by atoms with Crippen LogP contribution in [0, 0.1) is 6.92 Å². The van der Waals surface area contributed by atoms with Gasteiger partial charge in [-0.3, -0.25) is 19.3 Å². The lowest BCUT2D eigenvalue weighted by molar-refractivity contribution is -0.132. The van der Waals surface area contributed by atoms with Gasteiger partial charge in [0.25, 0.3) is 5.78 Å². The molecule has 1 aromatic heterocycles. The normalized spacial score (nSPS) is 17.4. The number of nitrogens with zero attached hydrogens (tertiary/aromatic N) is 2. The first-order valence-corrected chi connectivity index (χ1v) is 13.8. The second-order valence-corrected chi connectivity index (χ2v) is 10.2. The van der Waals surface area contributed by atoms with Gasteiger partial charge in [0.05, 0.1) is 28.8 Å². The average molecular weight is 577 g/mol. The quantitative estimate of drug-likeness (QED) is 0.123. The first-order chi connectivity index (χ1) is 19.7. The Hall–Kier alpha value is -4.64. The molecule has 2 aliphatic heterocycles. The number of hydrogen-bond acceptors (Lipinski definition) is 10. The number of benzene rings is 2. The minimum atomic E-state index is -1.08. The van der Waals surface area contributed by atoms with E-state index in [0.717, 1.165) is 11.3 Å². The third-order valence-corrected chi connectivity index (χ3v) is 7.77. The minimum absolute atomic E-state index is 0.147. The summed E-state index contributed by atoms with van der Waals surface area (Å²) in [5, 5.41) is 11.7. The lowest BCUT2D eigenvalue weighted by atomic mass is 9.95. The van der Waals surface area contributed by atoms with Crippen molar-refractivity contribution in [1.29, 1.82) is 0 Å². The molecule has 1 saturated heterocycles. The molecule has 1 amide bonds. The molecule has 5 rings (SSSR count). The number of hydrogen-bond donors (Lipinski definition) is 1. The Morgan fingerprint density at radius 3 is 2.59 bits per heavy atom. The zero-order valence-corrected chi connectivity index (χ0v) is 23.6. The maximum Gasteiger partial charge on any atom is 0.301 e. The standard InChI is InChI=1S/C30H28N2O8S/c1-5-11-38-20-9-7-18(14-22(20)37-6-2)25-24(26(34)19-8-10-21-23(15-19)40-13-12-39-21)27(35)29(36)32(25)30-31-16(3)28(41-30)17(4)33/h5,7-10,14-15,25,34H,1,6,11-13H2,2-4H3. The number of anilines is 1. The molecule has 3 heterocycles. The number of aliphatic hydroxyl groups excluding tert-OH is 1. The highest BCUT2D eigenvalue weighted by atomic mass is 32.1.